The van der Waals surface area contributed by atoms with Gasteiger partial charge in [0, 0.05) is 18.7 Å². The predicted molar refractivity (Wildman–Crippen MR) is 75.7 cm³/mol. The molecule has 1 amide bonds. The molecule has 0 aromatic heterocycles. The summed E-state index contributed by atoms with van der Waals surface area (Å²) in [5.74, 6) is -0.128. The number of carbonyl (C=O) groups is 1. The summed E-state index contributed by atoms with van der Waals surface area (Å²) in [6, 6.07) is 7.33. The first kappa shape index (κ1) is 16.5. The van der Waals surface area contributed by atoms with Crippen LogP contribution in [-0.2, 0) is 11.3 Å². The second-order valence-corrected chi connectivity index (χ2v) is 4.67. The van der Waals surface area contributed by atoms with Crippen LogP contribution in [0.3, 0.4) is 0 Å². The van der Waals surface area contributed by atoms with Crippen LogP contribution in [-0.4, -0.2) is 37.4 Å². The highest BCUT2D eigenvalue weighted by Gasteiger charge is 2.09. The van der Waals surface area contributed by atoms with Crippen LogP contribution < -0.4 is 11.1 Å². The first-order chi connectivity index (χ1) is 9.52. The number of para-hydroxylation sites is 1. The van der Waals surface area contributed by atoms with E-state index in [4.69, 9.17) is 5.73 Å². The maximum atomic E-state index is 12.1. The van der Waals surface area contributed by atoms with Gasteiger partial charge in [0.2, 0.25) is 5.91 Å². The second kappa shape index (κ2) is 8.60. The van der Waals surface area contributed by atoms with Crippen molar-refractivity contribution in [2.75, 3.05) is 25.5 Å². The molecule has 0 aliphatic heterocycles. The third-order valence-electron chi connectivity index (χ3n) is 2.90. The van der Waals surface area contributed by atoms with E-state index in [1.165, 1.54) is 4.90 Å². The molecule has 0 radical (unpaired) electrons. The summed E-state index contributed by atoms with van der Waals surface area (Å²) in [5.41, 5.74) is 7.16. The molecular formula is C14H21F2N3O. The van der Waals surface area contributed by atoms with E-state index in [0.717, 1.165) is 5.56 Å². The zero-order chi connectivity index (χ0) is 15.0. The standard InChI is InChI=1S/C14H21F2N3O/c1-19(10-13(15)16)8-4-7-14(20)18-12-6-3-2-5-11(12)9-17/h2-3,5-6,13H,4,7-10,17H2,1H3,(H,18,20). The fourth-order valence-corrected chi connectivity index (χ4v) is 1.87. The molecule has 0 saturated heterocycles. The molecule has 1 aromatic rings. The lowest BCUT2D eigenvalue weighted by Gasteiger charge is -2.15. The van der Waals surface area contributed by atoms with Gasteiger partial charge in [0.25, 0.3) is 6.43 Å². The van der Waals surface area contributed by atoms with Crippen LogP contribution in [0.1, 0.15) is 18.4 Å². The minimum atomic E-state index is -2.34. The number of nitrogens with two attached hydrogens (primary N) is 1. The molecule has 0 atom stereocenters. The number of alkyl halides is 2. The summed E-state index contributed by atoms with van der Waals surface area (Å²) >= 11 is 0. The Morgan fingerprint density at radius 1 is 1.40 bits per heavy atom. The lowest BCUT2D eigenvalue weighted by Crippen LogP contribution is -2.26. The fourth-order valence-electron chi connectivity index (χ4n) is 1.87. The summed E-state index contributed by atoms with van der Waals surface area (Å²) in [7, 11) is 1.62. The van der Waals surface area contributed by atoms with Gasteiger partial charge in [-0.2, -0.15) is 0 Å². The molecule has 0 spiro atoms. The van der Waals surface area contributed by atoms with E-state index in [-0.39, 0.29) is 12.5 Å². The second-order valence-electron chi connectivity index (χ2n) is 4.67. The van der Waals surface area contributed by atoms with Crippen molar-refractivity contribution >= 4 is 11.6 Å². The average molecular weight is 285 g/mol. The Balaban J connectivity index is 2.33. The topological polar surface area (TPSA) is 58.4 Å². The fraction of sp³-hybridized carbons (Fsp3) is 0.500. The molecule has 0 unspecified atom stereocenters. The summed E-state index contributed by atoms with van der Waals surface area (Å²) in [5, 5.41) is 2.79. The number of amides is 1. The molecule has 6 heteroatoms. The lowest BCUT2D eigenvalue weighted by molar-refractivity contribution is -0.116. The highest BCUT2D eigenvalue weighted by Crippen LogP contribution is 2.14. The van der Waals surface area contributed by atoms with Crippen LogP contribution in [0.15, 0.2) is 24.3 Å². The lowest BCUT2D eigenvalue weighted by atomic mass is 10.1. The normalized spacial score (nSPS) is 11.1. The van der Waals surface area contributed by atoms with Crippen molar-refractivity contribution in [3.8, 4) is 0 Å². The molecule has 0 aliphatic carbocycles. The molecular weight excluding hydrogens is 264 g/mol. The van der Waals surface area contributed by atoms with Crippen LogP contribution in [0.25, 0.3) is 0 Å². The third kappa shape index (κ3) is 6.08. The smallest absolute Gasteiger partial charge is 0.251 e. The van der Waals surface area contributed by atoms with Gasteiger partial charge in [0.15, 0.2) is 0 Å². The van der Waals surface area contributed by atoms with Gasteiger partial charge in [0.05, 0.1) is 6.54 Å². The Hall–Kier alpha value is -1.53. The van der Waals surface area contributed by atoms with E-state index in [0.29, 0.717) is 31.6 Å². The van der Waals surface area contributed by atoms with E-state index in [9.17, 15) is 13.6 Å². The van der Waals surface area contributed by atoms with Gasteiger partial charge >= 0.3 is 0 Å². The zero-order valence-corrected chi connectivity index (χ0v) is 11.6. The highest BCUT2D eigenvalue weighted by molar-refractivity contribution is 5.91. The van der Waals surface area contributed by atoms with Gasteiger partial charge in [-0.15, -0.1) is 0 Å². The van der Waals surface area contributed by atoms with Crippen molar-refractivity contribution < 1.29 is 13.6 Å². The number of anilines is 1. The number of nitrogens with zero attached hydrogens (tertiary/aromatic N) is 1. The van der Waals surface area contributed by atoms with E-state index >= 15 is 0 Å². The number of nitrogens with one attached hydrogen (secondary N) is 1. The molecule has 1 aromatic carbocycles. The molecule has 0 aliphatic rings. The van der Waals surface area contributed by atoms with Crippen LogP contribution in [0.5, 0.6) is 0 Å². The predicted octanol–water partition coefficient (Wildman–Crippen LogP) is 2.06. The molecule has 4 nitrogen and oxygen atoms in total. The van der Waals surface area contributed by atoms with Gasteiger partial charge < -0.3 is 16.0 Å². The quantitative estimate of drug-likeness (QED) is 0.768. The Kier molecular flexibility index (Phi) is 7.11. The Morgan fingerprint density at radius 3 is 2.75 bits per heavy atom. The molecule has 0 heterocycles. The molecule has 1 rings (SSSR count). The summed E-state index contributed by atoms with van der Waals surface area (Å²) in [6.07, 6.45) is -1.50. The number of carbonyl (C=O) groups excluding carboxylic acids is 1. The van der Waals surface area contributed by atoms with Gasteiger partial charge in [-0.3, -0.25) is 4.79 Å². The van der Waals surface area contributed by atoms with E-state index in [2.05, 4.69) is 5.32 Å². The number of halogens is 2. The third-order valence-corrected chi connectivity index (χ3v) is 2.90. The molecule has 112 valence electrons. The molecule has 0 bridgehead atoms. The van der Waals surface area contributed by atoms with E-state index in [1.54, 1.807) is 13.1 Å². The first-order valence-electron chi connectivity index (χ1n) is 6.57. The number of benzene rings is 1. The summed E-state index contributed by atoms with van der Waals surface area (Å²) in [6.45, 7) is 0.557. The van der Waals surface area contributed by atoms with Crippen molar-refractivity contribution in [1.29, 1.82) is 0 Å². The van der Waals surface area contributed by atoms with E-state index < -0.39 is 6.43 Å². The maximum absolute atomic E-state index is 12.1. The van der Waals surface area contributed by atoms with Crippen molar-refractivity contribution in [3.05, 3.63) is 29.8 Å². The molecule has 20 heavy (non-hydrogen) atoms. The van der Waals surface area contributed by atoms with Crippen LogP contribution in [0, 0.1) is 0 Å². The summed E-state index contributed by atoms with van der Waals surface area (Å²) < 4.78 is 24.2. The number of hydrogen-bond donors (Lipinski definition) is 2. The number of rotatable bonds is 8. The van der Waals surface area contributed by atoms with Crippen LogP contribution >= 0.6 is 0 Å². The monoisotopic (exact) mass is 285 g/mol. The highest BCUT2D eigenvalue weighted by atomic mass is 19.3. The Morgan fingerprint density at radius 2 is 2.10 bits per heavy atom. The van der Waals surface area contributed by atoms with Crippen molar-refractivity contribution in [2.45, 2.75) is 25.8 Å². The van der Waals surface area contributed by atoms with Crippen LogP contribution in [0.4, 0.5) is 14.5 Å². The molecule has 0 fully saturated rings. The minimum absolute atomic E-state index is 0.128. The van der Waals surface area contributed by atoms with Crippen LogP contribution in [0.2, 0.25) is 0 Å². The first-order valence-corrected chi connectivity index (χ1v) is 6.57. The summed E-state index contributed by atoms with van der Waals surface area (Å²) in [4.78, 5) is 13.3. The van der Waals surface area contributed by atoms with Gasteiger partial charge in [-0.25, -0.2) is 8.78 Å². The number of hydrogen-bond acceptors (Lipinski definition) is 3. The molecule has 0 saturated carbocycles. The van der Waals surface area contributed by atoms with Crippen molar-refractivity contribution in [1.82, 2.24) is 4.90 Å². The van der Waals surface area contributed by atoms with Crippen molar-refractivity contribution in [2.24, 2.45) is 5.73 Å². The molecule has 3 N–H and O–H groups in total. The minimum Gasteiger partial charge on any atom is -0.326 e. The SMILES string of the molecule is CN(CCCC(=O)Nc1ccccc1CN)CC(F)F. The van der Waals surface area contributed by atoms with E-state index in [1.807, 2.05) is 18.2 Å². The average Bonchev–Trinajstić information content (AvgIpc) is 2.38. The van der Waals surface area contributed by atoms with Gasteiger partial charge in [0.1, 0.15) is 0 Å². The van der Waals surface area contributed by atoms with Gasteiger partial charge in [-0.1, -0.05) is 18.2 Å². The largest absolute Gasteiger partial charge is 0.326 e. The Bertz CT molecular complexity index is 427. The van der Waals surface area contributed by atoms with Gasteiger partial charge in [-0.05, 0) is 31.6 Å². The maximum Gasteiger partial charge on any atom is 0.251 e. The Labute approximate surface area is 117 Å². The zero-order valence-electron chi connectivity index (χ0n) is 11.6. The van der Waals surface area contributed by atoms with Crippen molar-refractivity contribution in [3.63, 3.8) is 0 Å².